The Morgan fingerprint density at radius 1 is 0.475 bits per heavy atom. The van der Waals surface area contributed by atoms with Crippen LogP contribution in [0.1, 0.15) is 25.7 Å². The highest BCUT2D eigenvalue weighted by Gasteiger charge is 2.47. The van der Waals surface area contributed by atoms with Gasteiger partial charge in [0.15, 0.2) is 18.7 Å². The summed E-state index contributed by atoms with van der Waals surface area (Å²) in [6.07, 6.45) is -22.7. The molecule has 346 valence electrons. The Hall–Kier alpha value is -3.76. The second-order valence-corrected chi connectivity index (χ2v) is 14.2. The highest BCUT2D eigenvalue weighted by Crippen LogP contribution is 2.26. The summed E-state index contributed by atoms with van der Waals surface area (Å²) < 4.78 is 47.6. The molecule has 0 aromatic carbocycles. The van der Waals surface area contributed by atoms with Gasteiger partial charge >= 0.3 is 23.9 Å². The van der Waals surface area contributed by atoms with Crippen LogP contribution in [0.5, 0.6) is 0 Å². The molecule has 3 aliphatic rings. The van der Waals surface area contributed by atoms with Crippen LogP contribution in [0.3, 0.4) is 0 Å². The maximum absolute atomic E-state index is 12.7. The van der Waals surface area contributed by atoms with Crippen molar-refractivity contribution < 1.29 is 113 Å². The molecule has 0 radical (unpaired) electrons. The van der Waals surface area contributed by atoms with Gasteiger partial charge in [-0.25, -0.2) is 19.2 Å². The molecule has 61 heavy (non-hydrogen) atoms. The number of ether oxygens (including phenoxy) is 9. The maximum Gasteiger partial charge on any atom is 0.333 e. The molecule has 3 aliphatic heterocycles. The average molecular weight is 881 g/mol. The van der Waals surface area contributed by atoms with Crippen LogP contribution in [0.15, 0.2) is 48.6 Å². The molecule has 3 rings (SSSR count). The van der Waals surface area contributed by atoms with Crippen LogP contribution in [0, 0.1) is 0 Å². The normalized spacial score (nSPS) is 32.6. The Balaban J connectivity index is 1.40. The highest BCUT2D eigenvalue weighted by molar-refractivity contribution is 5.89. The first kappa shape index (κ1) is 51.6. The Morgan fingerprint density at radius 3 is 1.25 bits per heavy atom. The van der Waals surface area contributed by atoms with Gasteiger partial charge in [0.05, 0.1) is 19.8 Å². The molecule has 3 saturated heterocycles. The van der Waals surface area contributed by atoms with Gasteiger partial charge in [-0.3, -0.25) is 0 Å². The summed E-state index contributed by atoms with van der Waals surface area (Å²) in [6, 6.07) is 0. The minimum Gasteiger partial charge on any atom is -0.459 e. The predicted octanol–water partition coefficient (Wildman–Crippen LogP) is -4.93. The third-order valence-electron chi connectivity index (χ3n) is 9.67. The van der Waals surface area contributed by atoms with E-state index in [0.717, 1.165) is 0 Å². The molecule has 0 amide bonds. The van der Waals surface area contributed by atoms with Crippen LogP contribution < -0.4 is 0 Å². The fraction of sp³-hybridized carbons (Fsp3) is 0.684. The third kappa shape index (κ3) is 14.7. The molecule has 0 unspecified atom stereocenters. The lowest BCUT2D eigenvalue weighted by atomic mass is 9.99. The largest absolute Gasteiger partial charge is 0.459 e. The van der Waals surface area contributed by atoms with Crippen molar-refractivity contribution in [2.45, 2.75) is 112 Å². The van der Waals surface area contributed by atoms with Crippen LogP contribution >= 0.6 is 0 Å². The molecule has 0 aromatic rings. The monoisotopic (exact) mass is 880 g/mol. The van der Waals surface area contributed by atoms with Gasteiger partial charge in [0.25, 0.3) is 0 Å². The third-order valence-corrected chi connectivity index (χ3v) is 9.67. The number of hydrogen-bond donors (Lipinski definition) is 10. The van der Waals surface area contributed by atoms with E-state index in [1.54, 1.807) is 0 Å². The zero-order chi connectivity index (χ0) is 45.6. The zero-order valence-electron chi connectivity index (χ0n) is 33.2. The molecule has 10 N–H and O–H groups in total. The summed E-state index contributed by atoms with van der Waals surface area (Å²) in [5.74, 6) is -3.71. The maximum atomic E-state index is 12.7. The first-order chi connectivity index (χ1) is 28.8. The number of carbonyl (C=O) groups is 4. The van der Waals surface area contributed by atoms with E-state index in [9.17, 15) is 60.0 Å². The lowest BCUT2D eigenvalue weighted by Crippen LogP contribution is -2.59. The quantitative estimate of drug-likeness (QED) is 0.0261. The van der Waals surface area contributed by atoms with E-state index in [1.807, 2.05) is 0 Å². The van der Waals surface area contributed by atoms with E-state index < -0.39 is 130 Å². The van der Waals surface area contributed by atoms with E-state index in [4.69, 9.17) is 52.8 Å². The minimum atomic E-state index is -1.83. The van der Waals surface area contributed by atoms with Gasteiger partial charge < -0.3 is 93.7 Å². The van der Waals surface area contributed by atoms with Crippen LogP contribution in [0.25, 0.3) is 0 Å². The fourth-order valence-corrected chi connectivity index (χ4v) is 5.76. The molecule has 23 nitrogen and oxygen atoms in total. The van der Waals surface area contributed by atoms with Crippen LogP contribution in [-0.2, 0) is 61.8 Å². The summed E-state index contributed by atoms with van der Waals surface area (Å²) in [5, 5.41) is 101. The van der Waals surface area contributed by atoms with Crippen molar-refractivity contribution in [3.05, 3.63) is 48.6 Å². The molecule has 23 heteroatoms. The molecule has 14 atom stereocenters. The smallest absolute Gasteiger partial charge is 0.333 e. The zero-order valence-corrected chi connectivity index (χ0v) is 33.2. The van der Waals surface area contributed by atoms with E-state index in [0.29, 0.717) is 0 Å². The molecule has 0 spiro atoms. The molecule has 0 bridgehead atoms. The molecular weight excluding hydrogens is 824 g/mol. The SMILES string of the molecule is C=C(CCO)C(=O)OC[C@@H]1OC[C@H](OC(=O)C(=C)CCO[C@@H]2O[C@H](COC(=O)C(=C)CCO[C@@H]3O[C@H](COC(=O)C(=C)CCO)[C@@H](O)[C@H](O)[C@H]3O)[C@@H](O)[C@H](O)[C@H]2O)[C@H](O)[C@H]1O. The molecule has 0 saturated carbocycles. The number of esters is 4. The van der Waals surface area contributed by atoms with Crippen LogP contribution in [-0.4, -0.2) is 214 Å². The summed E-state index contributed by atoms with van der Waals surface area (Å²) in [5.41, 5.74) is -0.409. The number of hydrogen-bond acceptors (Lipinski definition) is 23. The topological polar surface area (TPSA) is 354 Å². The van der Waals surface area contributed by atoms with Crippen molar-refractivity contribution in [3.8, 4) is 0 Å². The van der Waals surface area contributed by atoms with Crippen molar-refractivity contribution in [2.24, 2.45) is 0 Å². The van der Waals surface area contributed by atoms with Crippen molar-refractivity contribution in [2.75, 3.05) is 52.9 Å². The molecule has 3 fully saturated rings. The fourth-order valence-electron chi connectivity index (χ4n) is 5.76. The highest BCUT2D eigenvalue weighted by atomic mass is 16.7. The standard InChI is InChI=1S/C38H56O23/c1-17(5-9-39)33(49)56-13-21-25(41)26(42)22(14-55-21)59-36(52)20(4)8-12-54-38-32(48)30(46)28(44)24(61-38)16-58-35(51)19(3)7-11-53-37-31(47)29(45)27(43)23(60-37)15-57-34(50)18(2)6-10-40/h21-32,37-48H,1-16H2/t21-,22-,23+,24+,25-,26-,27+,28+,29-,30-,31+,32+,37+,38+/m0/s1. The van der Waals surface area contributed by atoms with Gasteiger partial charge in [-0.1, -0.05) is 26.3 Å². The number of rotatable bonds is 23. The number of aliphatic hydroxyl groups is 10. The first-order valence-electron chi connectivity index (χ1n) is 19.1. The minimum absolute atomic E-state index is 0.00801. The first-order valence-corrected chi connectivity index (χ1v) is 19.1. The van der Waals surface area contributed by atoms with Crippen LogP contribution in [0.2, 0.25) is 0 Å². The lowest BCUT2D eigenvalue weighted by Gasteiger charge is -2.40. The Kier molecular flexibility index (Phi) is 20.9. The summed E-state index contributed by atoms with van der Waals surface area (Å²) in [6.45, 7) is 10.7. The van der Waals surface area contributed by atoms with Crippen molar-refractivity contribution in [3.63, 3.8) is 0 Å². The average Bonchev–Trinajstić information content (AvgIpc) is 3.23. The molecular formula is C38H56O23. The molecule has 0 aliphatic carbocycles. The number of carbonyl (C=O) groups excluding carboxylic acids is 4. The van der Waals surface area contributed by atoms with E-state index in [2.05, 4.69) is 26.3 Å². The van der Waals surface area contributed by atoms with Gasteiger partial charge in [-0.2, -0.15) is 0 Å². The lowest BCUT2D eigenvalue weighted by molar-refractivity contribution is -0.301. The molecule has 0 aromatic heterocycles. The van der Waals surface area contributed by atoms with Gasteiger partial charge in [-0.15, -0.1) is 0 Å². The number of aliphatic hydroxyl groups excluding tert-OH is 10. The van der Waals surface area contributed by atoms with Gasteiger partial charge in [0, 0.05) is 61.2 Å². The Morgan fingerprint density at radius 2 is 0.836 bits per heavy atom. The van der Waals surface area contributed by atoms with Crippen LogP contribution in [0.4, 0.5) is 0 Å². The van der Waals surface area contributed by atoms with Gasteiger partial charge in [0.1, 0.15) is 87.0 Å². The van der Waals surface area contributed by atoms with E-state index >= 15 is 0 Å². The van der Waals surface area contributed by atoms with Crippen molar-refractivity contribution in [1.82, 2.24) is 0 Å². The van der Waals surface area contributed by atoms with E-state index in [-0.39, 0.29) is 81.0 Å². The Bertz CT molecular complexity index is 1530. The van der Waals surface area contributed by atoms with Crippen molar-refractivity contribution in [1.29, 1.82) is 0 Å². The summed E-state index contributed by atoms with van der Waals surface area (Å²) >= 11 is 0. The Labute approximate surface area is 349 Å². The predicted molar refractivity (Wildman–Crippen MR) is 199 cm³/mol. The van der Waals surface area contributed by atoms with Gasteiger partial charge in [0.2, 0.25) is 0 Å². The summed E-state index contributed by atoms with van der Waals surface area (Å²) in [4.78, 5) is 49.2. The van der Waals surface area contributed by atoms with Crippen molar-refractivity contribution >= 4 is 23.9 Å². The second-order valence-electron chi connectivity index (χ2n) is 14.2. The molecule has 3 heterocycles. The van der Waals surface area contributed by atoms with E-state index in [1.165, 1.54) is 0 Å². The second kappa shape index (κ2) is 24.8. The summed E-state index contributed by atoms with van der Waals surface area (Å²) in [7, 11) is 0. The van der Waals surface area contributed by atoms with Gasteiger partial charge in [-0.05, 0) is 0 Å².